The zero-order chi connectivity index (χ0) is 23.6. The monoisotopic (exact) mass is 473 g/mol. The molecule has 0 atom stereocenters. The van der Waals surface area contributed by atoms with Crippen molar-refractivity contribution in [3.63, 3.8) is 0 Å². The quantitative estimate of drug-likeness (QED) is 0.430. The van der Waals surface area contributed by atoms with Crippen molar-refractivity contribution in [1.29, 1.82) is 0 Å². The van der Waals surface area contributed by atoms with Gasteiger partial charge in [-0.3, -0.25) is 0 Å². The van der Waals surface area contributed by atoms with Crippen molar-refractivity contribution in [2.24, 2.45) is 0 Å². The second-order valence-corrected chi connectivity index (χ2v) is 9.61. The standard InChI is InChI=1S/C25H26F3N3OS/c1-16(2)22-21(17-6-4-3-5-7-17)30-23(33-22)18-12-14-31(15-13-18)24(32)29-20-10-8-19(9-11-20)25(26,27)28/h3-11,16,18H,12-15H2,1-2H3,(H,29,32). The van der Waals surface area contributed by atoms with Crippen molar-refractivity contribution in [2.75, 3.05) is 18.4 Å². The summed E-state index contributed by atoms with van der Waals surface area (Å²) in [6, 6.07) is 14.4. The number of carbonyl (C=O) groups excluding carboxylic acids is 1. The molecule has 1 N–H and O–H groups in total. The third kappa shape index (κ3) is 5.38. The van der Waals surface area contributed by atoms with Gasteiger partial charge in [-0.15, -0.1) is 11.3 Å². The van der Waals surface area contributed by atoms with Gasteiger partial charge in [-0.05, 0) is 43.0 Å². The van der Waals surface area contributed by atoms with Gasteiger partial charge in [-0.1, -0.05) is 44.2 Å². The van der Waals surface area contributed by atoms with Crippen LogP contribution in [0.3, 0.4) is 0 Å². The Labute approximate surface area is 195 Å². The number of amides is 2. The number of anilines is 1. The fourth-order valence-corrected chi connectivity index (χ4v) is 5.25. The van der Waals surface area contributed by atoms with E-state index < -0.39 is 11.7 Å². The Morgan fingerprint density at radius 1 is 1.06 bits per heavy atom. The number of aromatic nitrogens is 1. The molecule has 2 aromatic carbocycles. The van der Waals surface area contributed by atoms with Crippen LogP contribution in [0.5, 0.6) is 0 Å². The Bertz CT molecular complexity index is 1090. The van der Waals surface area contributed by atoms with Crippen LogP contribution in [0.4, 0.5) is 23.7 Å². The minimum absolute atomic E-state index is 0.291. The number of alkyl halides is 3. The Balaban J connectivity index is 1.39. The Kier molecular flexibility index (Phi) is 6.74. The third-order valence-electron chi connectivity index (χ3n) is 5.84. The van der Waals surface area contributed by atoms with E-state index in [9.17, 15) is 18.0 Å². The summed E-state index contributed by atoms with van der Waals surface area (Å²) in [5.41, 5.74) is 1.79. The number of urea groups is 1. The first-order valence-electron chi connectivity index (χ1n) is 11.0. The van der Waals surface area contributed by atoms with Crippen molar-refractivity contribution in [1.82, 2.24) is 9.88 Å². The van der Waals surface area contributed by atoms with Crippen molar-refractivity contribution in [2.45, 2.75) is 44.7 Å². The molecule has 2 amide bonds. The van der Waals surface area contributed by atoms with Crippen LogP contribution in [0.15, 0.2) is 54.6 Å². The number of thiazole rings is 1. The molecule has 4 nitrogen and oxygen atoms in total. The highest BCUT2D eigenvalue weighted by Crippen LogP contribution is 2.39. The zero-order valence-electron chi connectivity index (χ0n) is 18.5. The maximum absolute atomic E-state index is 12.7. The first kappa shape index (κ1) is 23.3. The van der Waals surface area contributed by atoms with E-state index in [1.807, 2.05) is 18.2 Å². The summed E-state index contributed by atoms with van der Waals surface area (Å²) in [4.78, 5) is 20.6. The van der Waals surface area contributed by atoms with E-state index in [1.165, 1.54) is 17.0 Å². The number of carbonyl (C=O) groups is 1. The highest BCUT2D eigenvalue weighted by atomic mass is 32.1. The van der Waals surface area contributed by atoms with Crippen LogP contribution < -0.4 is 5.32 Å². The molecule has 4 rings (SSSR count). The Morgan fingerprint density at radius 2 is 1.70 bits per heavy atom. The number of halogens is 3. The van der Waals surface area contributed by atoms with Gasteiger partial charge in [0.1, 0.15) is 0 Å². The molecule has 1 aliphatic heterocycles. The Morgan fingerprint density at radius 3 is 2.27 bits per heavy atom. The van der Waals surface area contributed by atoms with Crippen LogP contribution in [0.1, 0.15) is 54.0 Å². The lowest BCUT2D eigenvalue weighted by atomic mass is 9.97. The molecule has 2 heterocycles. The molecular formula is C25H26F3N3OS. The summed E-state index contributed by atoms with van der Waals surface area (Å²) in [5.74, 6) is 0.668. The minimum Gasteiger partial charge on any atom is -0.324 e. The molecule has 1 saturated heterocycles. The molecule has 8 heteroatoms. The molecule has 174 valence electrons. The van der Waals surface area contributed by atoms with Gasteiger partial charge in [0.05, 0.1) is 16.3 Å². The first-order valence-corrected chi connectivity index (χ1v) is 11.8. The SMILES string of the molecule is CC(C)c1sc(C2CCN(C(=O)Nc3ccc(C(F)(F)F)cc3)CC2)nc1-c1ccccc1. The topological polar surface area (TPSA) is 45.2 Å². The number of piperidine rings is 1. The van der Waals surface area contributed by atoms with E-state index >= 15 is 0 Å². The highest BCUT2D eigenvalue weighted by molar-refractivity contribution is 7.12. The van der Waals surface area contributed by atoms with E-state index in [0.717, 1.165) is 41.2 Å². The second-order valence-electron chi connectivity index (χ2n) is 8.55. The maximum Gasteiger partial charge on any atom is 0.416 e. The summed E-state index contributed by atoms with van der Waals surface area (Å²) in [5, 5.41) is 3.81. The van der Waals surface area contributed by atoms with Gasteiger partial charge in [0, 0.05) is 35.1 Å². The largest absolute Gasteiger partial charge is 0.416 e. The molecule has 0 radical (unpaired) electrons. The lowest BCUT2D eigenvalue weighted by Crippen LogP contribution is -2.40. The molecule has 0 aliphatic carbocycles. The predicted octanol–water partition coefficient (Wildman–Crippen LogP) is 7.36. The number of likely N-dealkylation sites (tertiary alicyclic amines) is 1. The molecule has 1 fully saturated rings. The average Bonchev–Trinajstić information content (AvgIpc) is 3.25. The third-order valence-corrected chi connectivity index (χ3v) is 7.35. The number of hydrogen-bond acceptors (Lipinski definition) is 3. The van der Waals surface area contributed by atoms with Gasteiger partial charge in [-0.25, -0.2) is 9.78 Å². The molecule has 1 aliphatic rings. The van der Waals surface area contributed by atoms with Crippen LogP contribution >= 0.6 is 11.3 Å². The maximum atomic E-state index is 12.7. The first-order chi connectivity index (χ1) is 15.7. The Hall–Kier alpha value is -2.87. The molecule has 0 bridgehead atoms. The fraction of sp³-hybridized carbons (Fsp3) is 0.360. The molecule has 0 unspecified atom stereocenters. The van der Waals surface area contributed by atoms with Crippen LogP contribution in [-0.4, -0.2) is 29.0 Å². The van der Waals surface area contributed by atoms with Gasteiger partial charge in [0.25, 0.3) is 0 Å². The predicted molar refractivity (Wildman–Crippen MR) is 126 cm³/mol. The number of hydrogen-bond donors (Lipinski definition) is 1. The van der Waals surface area contributed by atoms with Crippen LogP contribution in [-0.2, 0) is 6.18 Å². The van der Waals surface area contributed by atoms with E-state index in [2.05, 4.69) is 31.3 Å². The number of nitrogens with one attached hydrogen (secondary N) is 1. The van der Waals surface area contributed by atoms with Gasteiger partial charge < -0.3 is 10.2 Å². The van der Waals surface area contributed by atoms with E-state index in [4.69, 9.17) is 4.98 Å². The minimum atomic E-state index is -4.39. The normalized spacial score (nSPS) is 15.2. The summed E-state index contributed by atoms with van der Waals surface area (Å²) < 4.78 is 38.2. The number of nitrogens with zero attached hydrogens (tertiary/aromatic N) is 2. The molecule has 1 aromatic heterocycles. The van der Waals surface area contributed by atoms with Crippen LogP contribution in [0, 0.1) is 0 Å². The molecular weight excluding hydrogens is 447 g/mol. The van der Waals surface area contributed by atoms with Crippen molar-refractivity contribution >= 4 is 23.1 Å². The fourth-order valence-electron chi connectivity index (χ4n) is 3.99. The summed E-state index contributed by atoms with van der Waals surface area (Å²) in [6.07, 6.45) is -2.78. The van der Waals surface area contributed by atoms with Gasteiger partial charge in [0.15, 0.2) is 0 Å². The van der Waals surface area contributed by atoms with E-state index in [-0.39, 0.29) is 6.03 Å². The van der Waals surface area contributed by atoms with Gasteiger partial charge in [0.2, 0.25) is 0 Å². The molecule has 0 saturated carbocycles. The average molecular weight is 474 g/mol. The van der Waals surface area contributed by atoms with Crippen LogP contribution in [0.2, 0.25) is 0 Å². The molecule has 33 heavy (non-hydrogen) atoms. The molecule has 0 spiro atoms. The number of rotatable bonds is 4. The summed E-state index contributed by atoms with van der Waals surface area (Å²) in [7, 11) is 0. The highest BCUT2D eigenvalue weighted by Gasteiger charge is 2.30. The summed E-state index contributed by atoms with van der Waals surface area (Å²) >= 11 is 1.76. The van der Waals surface area contributed by atoms with Crippen molar-refractivity contribution in [3.05, 3.63) is 70.0 Å². The molecule has 3 aromatic rings. The second kappa shape index (κ2) is 9.55. The van der Waals surface area contributed by atoms with Gasteiger partial charge in [-0.2, -0.15) is 13.2 Å². The smallest absolute Gasteiger partial charge is 0.324 e. The van der Waals surface area contributed by atoms with E-state index in [1.54, 1.807) is 16.2 Å². The van der Waals surface area contributed by atoms with Crippen LogP contribution in [0.25, 0.3) is 11.3 Å². The lowest BCUT2D eigenvalue weighted by molar-refractivity contribution is -0.137. The number of benzene rings is 2. The lowest BCUT2D eigenvalue weighted by Gasteiger charge is -2.31. The van der Waals surface area contributed by atoms with Crippen molar-refractivity contribution in [3.8, 4) is 11.3 Å². The van der Waals surface area contributed by atoms with Crippen molar-refractivity contribution < 1.29 is 18.0 Å². The van der Waals surface area contributed by atoms with E-state index in [0.29, 0.717) is 30.6 Å². The van der Waals surface area contributed by atoms with Gasteiger partial charge >= 0.3 is 12.2 Å². The zero-order valence-corrected chi connectivity index (χ0v) is 19.3. The summed E-state index contributed by atoms with van der Waals surface area (Å²) in [6.45, 7) is 5.51.